The van der Waals surface area contributed by atoms with E-state index in [-0.39, 0.29) is 5.78 Å². The molecule has 0 amide bonds. The first kappa shape index (κ1) is 13.7. The number of hydrogen-bond donors (Lipinski definition) is 1. The molecule has 0 unspecified atom stereocenters. The van der Waals surface area contributed by atoms with Gasteiger partial charge in [0.2, 0.25) is 0 Å². The van der Waals surface area contributed by atoms with Crippen LogP contribution in [0, 0.1) is 0 Å². The predicted octanol–water partition coefficient (Wildman–Crippen LogP) is 1.48. The fourth-order valence-corrected chi connectivity index (χ4v) is 1.72. The summed E-state index contributed by atoms with van der Waals surface area (Å²) in [6.45, 7) is 3.65. The molecule has 0 saturated heterocycles. The number of carbonyl (C=O) groups is 1. The summed E-state index contributed by atoms with van der Waals surface area (Å²) in [5.74, 6) is 0.677. The highest BCUT2D eigenvalue weighted by Crippen LogP contribution is 2.20. The number of nitrogens with zero attached hydrogens (tertiary/aromatic N) is 2. The van der Waals surface area contributed by atoms with E-state index < -0.39 is 0 Å². The topological polar surface area (TPSA) is 56.2 Å². The minimum absolute atomic E-state index is 0.100. The van der Waals surface area contributed by atoms with Crippen molar-refractivity contribution in [1.29, 1.82) is 0 Å². The van der Waals surface area contributed by atoms with Crippen molar-refractivity contribution in [3.05, 3.63) is 11.9 Å². The first-order chi connectivity index (χ1) is 8.24. The fraction of sp³-hybridized carbons (Fsp3) is 0.667. The third kappa shape index (κ3) is 3.56. The lowest BCUT2D eigenvalue weighted by Gasteiger charge is -2.07. The van der Waals surface area contributed by atoms with E-state index in [1.165, 1.54) is 0 Å². The molecule has 0 atom stereocenters. The zero-order chi connectivity index (χ0) is 12.7. The smallest absolute Gasteiger partial charge is 0.184 e. The molecule has 96 valence electrons. The molecule has 0 aliphatic rings. The minimum atomic E-state index is 0.100. The lowest BCUT2D eigenvalue weighted by atomic mass is 10.1. The van der Waals surface area contributed by atoms with Gasteiger partial charge in [-0.25, -0.2) is 0 Å². The maximum atomic E-state index is 12.1. The Hall–Kier alpha value is -1.36. The molecule has 0 aliphatic heterocycles. The monoisotopic (exact) mass is 239 g/mol. The van der Waals surface area contributed by atoms with Gasteiger partial charge in [-0.05, 0) is 26.4 Å². The van der Waals surface area contributed by atoms with Crippen molar-refractivity contribution in [2.45, 2.75) is 32.7 Å². The number of hydrogen-bond acceptors (Lipinski definition) is 4. The number of rotatable bonds is 8. The van der Waals surface area contributed by atoms with Gasteiger partial charge < -0.3 is 10.1 Å². The Morgan fingerprint density at radius 1 is 1.59 bits per heavy atom. The van der Waals surface area contributed by atoms with Gasteiger partial charge >= 0.3 is 0 Å². The minimum Gasteiger partial charge on any atom is -0.493 e. The number of aryl methyl sites for hydroxylation is 1. The van der Waals surface area contributed by atoms with E-state index in [0.29, 0.717) is 17.9 Å². The summed E-state index contributed by atoms with van der Waals surface area (Å²) >= 11 is 0. The second-order valence-electron chi connectivity index (χ2n) is 3.91. The lowest BCUT2D eigenvalue weighted by Crippen LogP contribution is -2.14. The average Bonchev–Trinajstić information content (AvgIpc) is 2.73. The highest BCUT2D eigenvalue weighted by Gasteiger charge is 2.18. The van der Waals surface area contributed by atoms with Crippen LogP contribution in [0.3, 0.4) is 0 Å². The van der Waals surface area contributed by atoms with E-state index in [4.69, 9.17) is 4.74 Å². The summed E-state index contributed by atoms with van der Waals surface area (Å²) in [6.07, 6.45) is 3.91. The number of Topliss-reactive ketones (excluding diaryl/α,β-unsaturated/α-hetero) is 1. The molecule has 0 aromatic carbocycles. The predicted molar refractivity (Wildman–Crippen MR) is 66.6 cm³/mol. The third-order valence-corrected chi connectivity index (χ3v) is 2.56. The van der Waals surface area contributed by atoms with Crippen molar-refractivity contribution in [2.75, 3.05) is 20.7 Å². The SMILES string of the molecule is CCCn1ncc(OC)c1C(=O)CCCNC. The van der Waals surface area contributed by atoms with Crippen LogP contribution in [0.1, 0.15) is 36.7 Å². The summed E-state index contributed by atoms with van der Waals surface area (Å²) in [4.78, 5) is 12.1. The molecule has 5 heteroatoms. The number of aromatic nitrogens is 2. The molecule has 1 aromatic rings. The van der Waals surface area contributed by atoms with Gasteiger partial charge in [0, 0.05) is 13.0 Å². The summed E-state index contributed by atoms with van der Waals surface area (Å²) in [5.41, 5.74) is 0.602. The van der Waals surface area contributed by atoms with Crippen molar-refractivity contribution >= 4 is 5.78 Å². The first-order valence-electron chi connectivity index (χ1n) is 6.02. The van der Waals surface area contributed by atoms with Crippen LogP contribution in [0.15, 0.2) is 6.20 Å². The van der Waals surface area contributed by atoms with Crippen LogP contribution < -0.4 is 10.1 Å². The van der Waals surface area contributed by atoms with Crippen LogP contribution in [0.4, 0.5) is 0 Å². The first-order valence-corrected chi connectivity index (χ1v) is 6.02. The van der Waals surface area contributed by atoms with E-state index in [9.17, 15) is 4.79 Å². The van der Waals surface area contributed by atoms with Crippen LogP contribution >= 0.6 is 0 Å². The molecular formula is C12H21N3O2. The van der Waals surface area contributed by atoms with Crippen LogP contribution in [0.5, 0.6) is 5.75 Å². The number of nitrogens with one attached hydrogen (secondary N) is 1. The molecule has 0 saturated carbocycles. The van der Waals surface area contributed by atoms with Crippen LogP contribution in [0.25, 0.3) is 0 Å². The summed E-state index contributed by atoms with van der Waals surface area (Å²) in [5, 5.41) is 7.21. The second kappa shape index (κ2) is 7.06. The van der Waals surface area contributed by atoms with E-state index in [0.717, 1.165) is 25.9 Å². The fourth-order valence-electron chi connectivity index (χ4n) is 1.72. The van der Waals surface area contributed by atoms with Gasteiger partial charge in [-0.3, -0.25) is 9.48 Å². The molecular weight excluding hydrogens is 218 g/mol. The maximum Gasteiger partial charge on any atom is 0.184 e. The number of carbonyl (C=O) groups excluding carboxylic acids is 1. The van der Waals surface area contributed by atoms with Crippen molar-refractivity contribution in [3.63, 3.8) is 0 Å². The molecule has 1 aromatic heterocycles. The highest BCUT2D eigenvalue weighted by atomic mass is 16.5. The van der Waals surface area contributed by atoms with Crippen molar-refractivity contribution in [1.82, 2.24) is 15.1 Å². The lowest BCUT2D eigenvalue weighted by molar-refractivity contribution is 0.0966. The molecule has 0 spiro atoms. The van der Waals surface area contributed by atoms with Crippen molar-refractivity contribution in [3.8, 4) is 5.75 Å². The zero-order valence-corrected chi connectivity index (χ0v) is 10.8. The van der Waals surface area contributed by atoms with E-state index >= 15 is 0 Å². The summed E-state index contributed by atoms with van der Waals surface area (Å²) < 4.78 is 6.92. The molecule has 0 radical (unpaired) electrons. The van der Waals surface area contributed by atoms with Gasteiger partial charge in [0.25, 0.3) is 0 Å². The van der Waals surface area contributed by atoms with Crippen molar-refractivity contribution < 1.29 is 9.53 Å². The van der Waals surface area contributed by atoms with Gasteiger partial charge in [-0.15, -0.1) is 0 Å². The molecule has 5 nitrogen and oxygen atoms in total. The molecule has 1 rings (SSSR count). The Labute approximate surface area is 102 Å². The van der Waals surface area contributed by atoms with Crippen LogP contribution in [-0.4, -0.2) is 36.3 Å². The Bertz CT molecular complexity index is 361. The zero-order valence-electron chi connectivity index (χ0n) is 10.8. The molecule has 0 fully saturated rings. The quantitative estimate of drug-likeness (QED) is 0.551. The average molecular weight is 239 g/mol. The van der Waals surface area contributed by atoms with E-state index in [1.807, 2.05) is 7.05 Å². The number of ether oxygens (including phenoxy) is 1. The number of ketones is 1. The van der Waals surface area contributed by atoms with E-state index in [1.54, 1.807) is 18.0 Å². The molecule has 1 heterocycles. The maximum absolute atomic E-state index is 12.1. The van der Waals surface area contributed by atoms with E-state index in [2.05, 4.69) is 17.3 Å². The largest absolute Gasteiger partial charge is 0.493 e. The molecule has 17 heavy (non-hydrogen) atoms. The number of methoxy groups -OCH3 is 1. The summed E-state index contributed by atoms with van der Waals surface area (Å²) in [7, 11) is 3.45. The van der Waals surface area contributed by atoms with Gasteiger partial charge in [-0.1, -0.05) is 6.92 Å². The van der Waals surface area contributed by atoms with Gasteiger partial charge in [-0.2, -0.15) is 5.10 Å². The van der Waals surface area contributed by atoms with Gasteiger partial charge in [0.1, 0.15) is 5.69 Å². The Balaban J connectivity index is 2.77. The standard InChI is InChI=1S/C12H21N3O2/c1-4-8-15-12(11(17-3)9-14-15)10(16)6-5-7-13-2/h9,13H,4-8H2,1-3H3. The normalized spacial score (nSPS) is 10.5. The van der Waals surface area contributed by atoms with Gasteiger partial charge in [0.15, 0.2) is 11.5 Å². The Kier molecular flexibility index (Phi) is 5.69. The van der Waals surface area contributed by atoms with Crippen LogP contribution in [-0.2, 0) is 6.54 Å². The summed E-state index contributed by atoms with van der Waals surface area (Å²) in [6, 6.07) is 0. The Morgan fingerprint density at radius 2 is 2.35 bits per heavy atom. The van der Waals surface area contributed by atoms with Crippen LogP contribution in [0.2, 0.25) is 0 Å². The molecule has 0 aliphatic carbocycles. The Morgan fingerprint density at radius 3 is 2.94 bits per heavy atom. The van der Waals surface area contributed by atoms with Gasteiger partial charge in [0.05, 0.1) is 13.3 Å². The third-order valence-electron chi connectivity index (χ3n) is 2.56. The van der Waals surface area contributed by atoms with Crippen molar-refractivity contribution in [2.24, 2.45) is 0 Å². The molecule has 1 N–H and O–H groups in total. The second-order valence-corrected chi connectivity index (χ2v) is 3.91. The molecule has 0 bridgehead atoms. The highest BCUT2D eigenvalue weighted by molar-refractivity contribution is 5.97.